The highest BCUT2D eigenvalue weighted by molar-refractivity contribution is 6.18. The molecule has 0 fully saturated rings. The Morgan fingerprint density at radius 1 is 1.39 bits per heavy atom. The van der Waals surface area contributed by atoms with Crippen molar-refractivity contribution in [3.63, 3.8) is 0 Å². The number of alkyl halides is 3. The molecule has 0 radical (unpaired) electrons. The summed E-state index contributed by atoms with van der Waals surface area (Å²) in [6, 6.07) is 4.36. The first-order valence-corrected chi connectivity index (χ1v) is 5.99. The van der Waals surface area contributed by atoms with Crippen molar-refractivity contribution in [1.82, 2.24) is 4.90 Å². The van der Waals surface area contributed by atoms with Crippen LogP contribution in [-0.4, -0.2) is 37.4 Å². The van der Waals surface area contributed by atoms with E-state index >= 15 is 0 Å². The second kappa shape index (κ2) is 7.48. The Morgan fingerprint density at radius 3 is 2.61 bits per heavy atom. The van der Waals surface area contributed by atoms with Gasteiger partial charge in [0.2, 0.25) is 0 Å². The van der Waals surface area contributed by atoms with E-state index in [9.17, 15) is 13.2 Å². The fourth-order valence-corrected chi connectivity index (χ4v) is 1.81. The Balaban J connectivity index is 2.73. The number of methoxy groups -OCH3 is 1. The molecule has 0 saturated carbocycles. The summed E-state index contributed by atoms with van der Waals surface area (Å²) in [6.07, 6.45) is -2.46. The number of hydrogen-bond acceptors (Lipinski definition) is 2. The van der Waals surface area contributed by atoms with Gasteiger partial charge in [-0.05, 0) is 6.07 Å². The molecule has 0 saturated heterocycles. The minimum atomic E-state index is -2.46. The fourth-order valence-electron chi connectivity index (χ4n) is 1.57. The van der Waals surface area contributed by atoms with Crippen LogP contribution in [0.5, 0.6) is 5.75 Å². The smallest absolute Gasteiger partial charge is 0.251 e. The van der Waals surface area contributed by atoms with Crippen LogP contribution in [0.1, 0.15) is 5.56 Å². The van der Waals surface area contributed by atoms with E-state index in [2.05, 4.69) is 0 Å². The number of nitrogens with zero attached hydrogens (tertiary/aromatic N) is 1. The Morgan fingerprint density at radius 2 is 2.11 bits per heavy atom. The second-order valence-electron chi connectivity index (χ2n) is 3.77. The Hall–Kier alpha value is -0.940. The molecule has 0 aromatic heterocycles. The summed E-state index contributed by atoms with van der Waals surface area (Å²) in [5, 5.41) is 0. The van der Waals surface area contributed by atoms with E-state index in [-0.39, 0.29) is 19.0 Å². The lowest BCUT2D eigenvalue weighted by molar-refractivity contribution is 0.0873. The fraction of sp³-hybridized carbons (Fsp3) is 0.500. The van der Waals surface area contributed by atoms with Crippen molar-refractivity contribution >= 4 is 11.6 Å². The minimum absolute atomic E-state index is 0.104. The van der Waals surface area contributed by atoms with Crippen LogP contribution in [0.25, 0.3) is 0 Å². The summed E-state index contributed by atoms with van der Waals surface area (Å²) >= 11 is 5.53. The maximum absolute atomic E-state index is 13.6. The van der Waals surface area contributed by atoms with Crippen LogP contribution >= 0.6 is 11.6 Å². The van der Waals surface area contributed by atoms with Crippen molar-refractivity contribution in [1.29, 1.82) is 0 Å². The molecule has 0 aliphatic rings. The van der Waals surface area contributed by atoms with Gasteiger partial charge in [0.05, 0.1) is 13.7 Å². The minimum Gasteiger partial charge on any atom is -0.497 e. The van der Waals surface area contributed by atoms with Crippen LogP contribution in [0.3, 0.4) is 0 Å². The topological polar surface area (TPSA) is 12.5 Å². The van der Waals surface area contributed by atoms with Crippen molar-refractivity contribution < 1.29 is 17.9 Å². The molecule has 0 amide bonds. The molecule has 18 heavy (non-hydrogen) atoms. The number of rotatable bonds is 7. The highest BCUT2D eigenvalue weighted by Crippen LogP contribution is 2.18. The Labute approximate surface area is 109 Å². The third-order valence-corrected chi connectivity index (χ3v) is 2.62. The van der Waals surface area contributed by atoms with Gasteiger partial charge < -0.3 is 4.74 Å². The van der Waals surface area contributed by atoms with E-state index < -0.39 is 18.8 Å². The van der Waals surface area contributed by atoms with Gasteiger partial charge in [0, 0.05) is 30.6 Å². The molecule has 102 valence electrons. The average molecular weight is 282 g/mol. The van der Waals surface area contributed by atoms with E-state index in [1.54, 1.807) is 6.07 Å². The SMILES string of the molecule is COc1ccc(CN(CCCl)CC(F)F)c(F)c1. The molecule has 0 bridgehead atoms. The van der Waals surface area contributed by atoms with Gasteiger partial charge in [0.25, 0.3) is 6.43 Å². The second-order valence-corrected chi connectivity index (χ2v) is 4.15. The van der Waals surface area contributed by atoms with Crippen molar-refractivity contribution in [3.8, 4) is 5.75 Å². The van der Waals surface area contributed by atoms with Gasteiger partial charge in [-0.15, -0.1) is 11.6 Å². The zero-order valence-corrected chi connectivity index (χ0v) is 10.8. The van der Waals surface area contributed by atoms with Gasteiger partial charge in [-0.25, -0.2) is 13.2 Å². The van der Waals surface area contributed by atoms with E-state index in [4.69, 9.17) is 16.3 Å². The summed E-state index contributed by atoms with van der Waals surface area (Å²) in [5.41, 5.74) is 0.349. The molecule has 0 aliphatic heterocycles. The number of benzene rings is 1. The lowest BCUT2D eigenvalue weighted by Gasteiger charge is -2.21. The summed E-state index contributed by atoms with van der Waals surface area (Å²) in [7, 11) is 1.44. The van der Waals surface area contributed by atoms with Crippen LogP contribution in [0.15, 0.2) is 18.2 Å². The van der Waals surface area contributed by atoms with Crippen LogP contribution in [-0.2, 0) is 6.54 Å². The summed E-state index contributed by atoms with van der Waals surface area (Å²) in [6.45, 7) is -0.0254. The Kier molecular flexibility index (Phi) is 6.29. The van der Waals surface area contributed by atoms with E-state index in [1.807, 2.05) is 0 Å². The highest BCUT2D eigenvalue weighted by Gasteiger charge is 2.14. The van der Waals surface area contributed by atoms with Crippen LogP contribution in [0.4, 0.5) is 13.2 Å². The van der Waals surface area contributed by atoms with Gasteiger partial charge in [0.15, 0.2) is 0 Å². The van der Waals surface area contributed by atoms with Gasteiger partial charge >= 0.3 is 0 Å². The van der Waals surface area contributed by atoms with Crippen molar-refractivity contribution in [2.24, 2.45) is 0 Å². The lowest BCUT2D eigenvalue weighted by atomic mass is 10.2. The number of halogens is 4. The average Bonchev–Trinajstić information content (AvgIpc) is 2.31. The molecule has 1 aromatic carbocycles. The first-order chi connectivity index (χ1) is 8.56. The first-order valence-electron chi connectivity index (χ1n) is 5.45. The lowest BCUT2D eigenvalue weighted by Crippen LogP contribution is -2.30. The number of ether oxygens (including phenoxy) is 1. The van der Waals surface area contributed by atoms with Gasteiger partial charge in [0.1, 0.15) is 11.6 Å². The third-order valence-electron chi connectivity index (χ3n) is 2.45. The van der Waals surface area contributed by atoms with Crippen molar-refractivity contribution in [2.45, 2.75) is 13.0 Å². The standard InChI is InChI=1S/C12H15ClF3NO/c1-18-10-3-2-9(11(14)6-10)7-17(5-4-13)8-12(15)16/h2-3,6,12H,4-5,7-8H2,1H3. The maximum atomic E-state index is 13.6. The largest absolute Gasteiger partial charge is 0.497 e. The molecule has 1 rings (SSSR count). The van der Waals surface area contributed by atoms with E-state index in [0.29, 0.717) is 11.3 Å². The Bertz CT molecular complexity index is 376. The van der Waals surface area contributed by atoms with E-state index in [0.717, 1.165) is 0 Å². The summed E-state index contributed by atoms with van der Waals surface area (Å²) in [5.74, 6) is 0.155. The molecular weight excluding hydrogens is 267 g/mol. The summed E-state index contributed by atoms with van der Waals surface area (Å²) in [4.78, 5) is 1.42. The first kappa shape index (κ1) is 15.1. The van der Waals surface area contributed by atoms with Crippen LogP contribution < -0.4 is 4.74 Å². The van der Waals surface area contributed by atoms with Crippen LogP contribution in [0.2, 0.25) is 0 Å². The molecule has 0 unspecified atom stereocenters. The summed E-state index contributed by atoms with van der Waals surface area (Å²) < 4.78 is 43.2. The van der Waals surface area contributed by atoms with Crippen LogP contribution in [0, 0.1) is 5.82 Å². The molecule has 0 N–H and O–H groups in total. The molecule has 0 aliphatic carbocycles. The molecule has 0 spiro atoms. The zero-order valence-electron chi connectivity index (χ0n) is 10.0. The molecule has 6 heteroatoms. The van der Waals surface area contributed by atoms with Gasteiger partial charge in [-0.1, -0.05) is 6.07 Å². The maximum Gasteiger partial charge on any atom is 0.251 e. The molecule has 0 heterocycles. The number of hydrogen-bond donors (Lipinski definition) is 0. The predicted molar refractivity (Wildman–Crippen MR) is 65.0 cm³/mol. The zero-order chi connectivity index (χ0) is 13.5. The molecule has 1 aromatic rings. The van der Waals surface area contributed by atoms with Gasteiger partial charge in [-0.2, -0.15) is 0 Å². The van der Waals surface area contributed by atoms with E-state index in [1.165, 1.54) is 24.1 Å². The van der Waals surface area contributed by atoms with Gasteiger partial charge in [-0.3, -0.25) is 4.90 Å². The molecular formula is C12H15ClF3NO. The monoisotopic (exact) mass is 281 g/mol. The highest BCUT2D eigenvalue weighted by atomic mass is 35.5. The van der Waals surface area contributed by atoms with Crippen molar-refractivity contribution in [3.05, 3.63) is 29.6 Å². The van der Waals surface area contributed by atoms with Crippen molar-refractivity contribution in [2.75, 3.05) is 26.1 Å². The normalized spacial score (nSPS) is 11.3. The molecule has 2 nitrogen and oxygen atoms in total. The predicted octanol–water partition coefficient (Wildman–Crippen LogP) is 3.14. The quantitative estimate of drug-likeness (QED) is 0.712. The third kappa shape index (κ3) is 4.74. The molecule has 0 atom stereocenters.